The van der Waals surface area contributed by atoms with E-state index in [-0.39, 0.29) is 0 Å². The van der Waals surface area contributed by atoms with Crippen molar-refractivity contribution >= 4 is 17.3 Å². The Labute approximate surface area is 69.2 Å². The fraction of sp³-hybridized carbons (Fsp3) is 0.143. The smallest absolute Gasteiger partial charge is 0.242 e. The molecule has 2 heterocycles. The van der Waals surface area contributed by atoms with Crippen LogP contribution in [0, 0.1) is 0 Å². The van der Waals surface area contributed by atoms with E-state index in [1.807, 2.05) is 0 Å². The average Bonchev–Trinajstić information content (AvgIpc) is 2.46. The van der Waals surface area contributed by atoms with Gasteiger partial charge in [-0.2, -0.15) is 4.98 Å². The first-order valence-corrected chi connectivity index (χ1v) is 3.59. The highest BCUT2D eigenvalue weighted by Gasteiger charge is 1.99. The van der Waals surface area contributed by atoms with Gasteiger partial charge < -0.3 is 11.1 Å². The van der Waals surface area contributed by atoms with Crippen molar-refractivity contribution in [1.82, 2.24) is 14.6 Å². The highest BCUT2D eigenvalue weighted by Crippen LogP contribution is 2.08. The fourth-order valence-corrected chi connectivity index (χ4v) is 1.00. The van der Waals surface area contributed by atoms with Crippen LogP contribution >= 0.6 is 0 Å². The molecule has 0 saturated carbocycles. The molecule has 0 fully saturated rings. The molecule has 62 valence electrons. The number of nitrogens with zero attached hydrogens (tertiary/aromatic N) is 3. The Morgan fingerprint density at radius 3 is 3.17 bits per heavy atom. The molecule has 0 aliphatic carbocycles. The molecular formula is C7H9N5. The first-order chi connectivity index (χ1) is 5.79. The lowest BCUT2D eigenvalue weighted by Gasteiger charge is -1.91. The third kappa shape index (κ3) is 0.952. The molecule has 0 amide bonds. The van der Waals surface area contributed by atoms with E-state index in [4.69, 9.17) is 5.73 Å². The van der Waals surface area contributed by atoms with Gasteiger partial charge in [0, 0.05) is 25.0 Å². The largest absolute Gasteiger partial charge is 0.399 e. The van der Waals surface area contributed by atoms with Crippen molar-refractivity contribution in [2.24, 2.45) is 0 Å². The van der Waals surface area contributed by atoms with Gasteiger partial charge in [0.2, 0.25) is 5.95 Å². The summed E-state index contributed by atoms with van der Waals surface area (Å²) in [6.45, 7) is 0. The van der Waals surface area contributed by atoms with Gasteiger partial charge in [0.05, 0.1) is 0 Å². The molecule has 5 heteroatoms. The Hall–Kier alpha value is -1.78. The Morgan fingerprint density at radius 2 is 2.42 bits per heavy atom. The zero-order chi connectivity index (χ0) is 8.55. The predicted octanol–water partition coefficient (Wildman–Crippen LogP) is 0.353. The number of nitrogens with two attached hydrogens (primary N) is 1. The van der Waals surface area contributed by atoms with Crippen molar-refractivity contribution < 1.29 is 0 Å². The minimum atomic E-state index is 0.598. The van der Waals surface area contributed by atoms with Gasteiger partial charge in [-0.25, -0.2) is 4.52 Å². The molecule has 2 aromatic rings. The van der Waals surface area contributed by atoms with Crippen LogP contribution in [0.2, 0.25) is 0 Å². The molecule has 0 spiro atoms. The molecule has 0 aliphatic heterocycles. The summed E-state index contributed by atoms with van der Waals surface area (Å²) in [7, 11) is 1.78. The molecule has 0 saturated heterocycles. The monoisotopic (exact) mass is 163 g/mol. The van der Waals surface area contributed by atoms with Crippen LogP contribution in [-0.2, 0) is 0 Å². The SMILES string of the molecule is CNc1nc2cc(N)ccn2n1. The second kappa shape index (κ2) is 2.37. The molecule has 0 aliphatic rings. The minimum Gasteiger partial charge on any atom is -0.399 e. The zero-order valence-electron chi connectivity index (χ0n) is 6.65. The summed E-state index contributed by atoms with van der Waals surface area (Å²) in [5.74, 6) is 0.598. The maximum absolute atomic E-state index is 5.57. The summed E-state index contributed by atoms with van der Waals surface area (Å²) in [6, 6.07) is 3.55. The van der Waals surface area contributed by atoms with Crippen LogP contribution in [0.5, 0.6) is 0 Å². The van der Waals surface area contributed by atoms with Crippen molar-refractivity contribution in [2.45, 2.75) is 0 Å². The molecule has 0 atom stereocenters. The quantitative estimate of drug-likeness (QED) is 0.636. The Kier molecular flexibility index (Phi) is 1.36. The normalized spacial score (nSPS) is 10.4. The first-order valence-electron chi connectivity index (χ1n) is 3.59. The van der Waals surface area contributed by atoms with Gasteiger partial charge in [0.1, 0.15) is 0 Å². The Balaban J connectivity index is 2.67. The van der Waals surface area contributed by atoms with Crippen LogP contribution in [0.25, 0.3) is 5.65 Å². The van der Waals surface area contributed by atoms with Crippen LogP contribution in [0.4, 0.5) is 11.6 Å². The molecule has 2 rings (SSSR count). The summed E-state index contributed by atoms with van der Waals surface area (Å²) in [4.78, 5) is 4.15. The second-order valence-electron chi connectivity index (χ2n) is 2.45. The van der Waals surface area contributed by atoms with Gasteiger partial charge in [-0.05, 0) is 6.07 Å². The number of rotatable bonds is 1. The van der Waals surface area contributed by atoms with Gasteiger partial charge in [0.15, 0.2) is 5.65 Å². The lowest BCUT2D eigenvalue weighted by molar-refractivity contribution is 0.964. The number of aromatic nitrogens is 3. The Morgan fingerprint density at radius 1 is 1.58 bits per heavy atom. The van der Waals surface area contributed by atoms with Crippen molar-refractivity contribution in [1.29, 1.82) is 0 Å². The second-order valence-corrected chi connectivity index (χ2v) is 2.45. The van der Waals surface area contributed by atoms with E-state index in [2.05, 4.69) is 15.4 Å². The van der Waals surface area contributed by atoms with Gasteiger partial charge in [-0.1, -0.05) is 0 Å². The van der Waals surface area contributed by atoms with Crippen molar-refractivity contribution in [2.75, 3.05) is 18.1 Å². The summed E-state index contributed by atoms with van der Waals surface area (Å²) >= 11 is 0. The van der Waals surface area contributed by atoms with Crippen molar-refractivity contribution in [3.63, 3.8) is 0 Å². The third-order valence-corrected chi connectivity index (χ3v) is 1.59. The van der Waals surface area contributed by atoms with Gasteiger partial charge >= 0.3 is 0 Å². The summed E-state index contributed by atoms with van der Waals surface area (Å²) in [5.41, 5.74) is 7.01. The molecule has 0 radical (unpaired) electrons. The number of nitrogens with one attached hydrogen (secondary N) is 1. The maximum atomic E-state index is 5.57. The van der Waals surface area contributed by atoms with E-state index in [1.165, 1.54) is 0 Å². The lowest BCUT2D eigenvalue weighted by atomic mass is 10.4. The van der Waals surface area contributed by atoms with Crippen LogP contribution in [0.3, 0.4) is 0 Å². The average molecular weight is 163 g/mol. The standard InChI is InChI=1S/C7H9N5/c1-9-7-10-6-4-5(8)2-3-12(6)11-7/h2-4H,8H2,1H3,(H,9,11). The minimum absolute atomic E-state index is 0.598. The summed E-state index contributed by atoms with van der Waals surface area (Å²) in [5, 5.41) is 6.96. The highest BCUT2D eigenvalue weighted by molar-refractivity contribution is 5.52. The number of fused-ring (bicyclic) bond motifs is 1. The van der Waals surface area contributed by atoms with E-state index in [0.717, 1.165) is 5.65 Å². The van der Waals surface area contributed by atoms with Gasteiger partial charge in [-0.3, -0.25) is 0 Å². The van der Waals surface area contributed by atoms with Crippen molar-refractivity contribution in [3.8, 4) is 0 Å². The summed E-state index contributed by atoms with van der Waals surface area (Å²) in [6.07, 6.45) is 1.78. The lowest BCUT2D eigenvalue weighted by Crippen LogP contribution is -1.91. The predicted molar refractivity (Wildman–Crippen MR) is 46.9 cm³/mol. The first kappa shape index (κ1) is 6.90. The molecule has 0 unspecified atom stereocenters. The number of pyridine rings is 1. The molecule has 5 nitrogen and oxygen atoms in total. The molecule has 0 bridgehead atoms. The van der Waals surface area contributed by atoms with Crippen LogP contribution in [0.15, 0.2) is 18.3 Å². The topological polar surface area (TPSA) is 68.2 Å². The van der Waals surface area contributed by atoms with E-state index >= 15 is 0 Å². The highest BCUT2D eigenvalue weighted by atomic mass is 15.3. The molecule has 2 aromatic heterocycles. The number of hydrogen-bond donors (Lipinski definition) is 2. The van der Waals surface area contributed by atoms with Crippen molar-refractivity contribution in [3.05, 3.63) is 18.3 Å². The van der Waals surface area contributed by atoms with E-state index < -0.39 is 0 Å². The molecule has 0 aromatic carbocycles. The zero-order valence-corrected chi connectivity index (χ0v) is 6.65. The summed E-state index contributed by atoms with van der Waals surface area (Å²) < 4.78 is 1.67. The molecule has 3 N–H and O–H groups in total. The van der Waals surface area contributed by atoms with Crippen LogP contribution in [-0.4, -0.2) is 21.6 Å². The van der Waals surface area contributed by atoms with E-state index in [0.29, 0.717) is 11.6 Å². The number of hydrogen-bond acceptors (Lipinski definition) is 4. The van der Waals surface area contributed by atoms with E-state index in [9.17, 15) is 0 Å². The van der Waals surface area contributed by atoms with Gasteiger partial charge in [-0.15, -0.1) is 5.10 Å². The molecular weight excluding hydrogens is 154 g/mol. The van der Waals surface area contributed by atoms with Gasteiger partial charge in [0.25, 0.3) is 0 Å². The number of nitrogen functional groups attached to an aromatic ring is 1. The fourth-order valence-electron chi connectivity index (χ4n) is 1.00. The third-order valence-electron chi connectivity index (χ3n) is 1.59. The van der Waals surface area contributed by atoms with Crippen LogP contribution in [0.1, 0.15) is 0 Å². The van der Waals surface area contributed by atoms with E-state index in [1.54, 1.807) is 29.9 Å². The number of anilines is 2. The maximum Gasteiger partial charge on any atom is 0.242 e. The Bertz CT molecular complexity index is 405. The van der Waals surface area contributed by atoms with Crippen LogP contribution < -0.4 is 11.1 Å². The molecule has 12 heavy (non-hydrogen) atoms.